The van der Waals surface area contributed by atoms with Crippen LogP contribution in [-0.4, -0.2) is 33.1 Å². The van der Waals surface area contributed by atoms with Crippen molar-refractivity contribution in [3.05, 3.63) is 29.6 Å². The van der Waals surface area contributed by atoms with E-state index in [9.17, 15) is 15.0 Å². The number of nitrogens with one attached hydrogen (secondary N) is 1. The van der Waals surface area contributed by atoms with Crippen molar-refractivity contribution in [3.8, 4) is 0 Å². The van der Waals surface area contributed by atoms with Gasteiger partial charge in [0.15, 0.2) is 0 Å². The highest BCUT2D eigenvalue weighted by atomic mass is 35.5. The average molecular weight is 246 g/mol. The summed E-state index contributed by atoms with van der Waals surface area (Å²) in [7, 11) is 0. The van der Waals surface area contributed by atoms with Gasteiger partial charge in [-0.25, -0.2) is 5.84 Å². The number of aliphatic hydroxyl groups excluding tert-OH is 2. The smallest absolute Gasteiger partial charge is 0.266 e. The summed E-state index contributed by atoms with van der Waals surface area (Å²) in [5.74, 6) is 4.31. The second kappa shape index (κ2) is 5.76. The van der Waals surface area contributed by atoms with Crippen LogP contribution in [0.15, 0.2) is 18.5 Å². The average Bonchev–Trinajstić information content (AvgIpc) is 2.36. The molecular weight excluding hydrogens is 234 g/mol. The molecule has 0 fully saturated rings. The van der Waals surface area contributed by atoms with Crippen LogP contribution in [0.5, 0.6) is 0 Å². The van der Waals surface area contributed by atoms with Gasteiger partial charge in [0.25, 0.3) is 5.91 Å². The number of pyridine rings is 1. The van der Waals surface area contributed by atoms with Crippen molar-refractivity contribution in [2.75, 3.05) is 5.88 Å². The number of alkyl halides is 1. The molecule has 0 aliphatic heterocycles. The van der Waals surface area contributed by atoms with Crippen molar-refractivity contribution < 1.29 is 15.0 Å². The van der Waals surface area contributed by atoms with Gasteiger partial charge in [0.05, 0.1) is 17.5 Å². The highest BCUT2D eigenvalue weighted by Gasteiger charge is 2.18. The molecule has 2 unspecified atom stereocenters. The van der Waals surface area contributed by atoms with E-state index in [1.54, 1.807) is 0 Å². The van der Waals surface area contributed by atoms with Gasteiger partial charge in [-0.3, -0.25) is 15.2 Å². The molecule has 1 heterocycles. The number of carbonyl (C=O) groups excluding carboxylic acids is 1. The molecule has 1 aromatic heterocycles. The van der Waals surface area contributed by atoms with Gasteiger partial charge in [0, 0.05) is 18.0 Å². The van der Waals surface area contributed by atoms with Crippen LogP contribution in [0, 0.1) is 0 Å². The zero-order chi connectivity index (χ0) is 12.1. The van der Waals surface area contributed by atoms with Gasteiger partial charge >= 0.3 is 0 Å². The number of rotatable bonds is 4. The number of aliphatic hydroxyl groups is 2. The Hall–Kier alpha value is -1.21. The number of aromatic nitrogens is 1. The minimum absolute atomic E-state index is 0.117. The monoisotopic (exact) mass is 245 g/mol. The van der Waals surface area contributed by atoms with Crippen molar-refractivity contribution >= 4 is 17.5 Å². The molecule has 0 saturated carbocycles. The topological polar surface area (TPSA) is 108 Å². The number of nitrogens with zero attached hydrogens (tertiary/aromatic N) is 1. The second-order valence-electron chi connectivity index (χ2n) is 3.15. The van der Waals surface area contributed by atoms with Crippen molar-refractivity contribution in [1.82, 2.24) is 10.4 Å². The van der Waals surface area contributed by atoms with Gasteiger partial charge < -0.3 is 10.2 Å². The van der Waals surface area contributed by atoms with E-state index in [1.165, 1.54) is 18.5 Å². The minimum atomic E-state index is -1.18. The van der Waals surface area contributed by atoms with E-state index in [1.807, 2.05) is 5.43 Å². The molecule has 1 aromatic rings. The normalized spacial score (nSPS) is 14.2. The number of nitrogens with two attached hydrogens (primary N) is 1. The third-order valence-corrected chi connectivity index (χ3v) is 2.33. The van der Waals surface area contributed by atoms with E-state index in [0.717, 1.165) is 0 Å². The number of carbonyl (C=O) groups is 1. The van der Waals surface area contributed by atoms with Gasteiger partial charge in [-0.05, 0) is 6.07 Å². The maximum atomic E-state index is 11.2. The number of hydrazine groups is 1. The van der Waals surface area contributed by atoms with Gasteiger partial charge in [-0.2, -0.15) is 0 Å². The van der Waals surface area contributed by atoms with Gasteiger partial charge in [-0.15, -0.1) is 11.6 Å². The molecule has 0 spiro atoms. The number of hydrogen-bond acceptors (Lipinski definition) is 5. The molecule has 0 aromatic carbocycles. The van der Waals surface area contributed by atoms with Gasteiger partial charge in [0.2, 0.25) is 0 Å². The summed E-state index contributed by atoms with van der Waals surface area (Å²) >= 11 is 5.40. The Balaban J connectivity index is 2.94. The van der Waals surface area contributed by atoms with E-state index in [4.69, 9.17) is 17.4 Å². The zero-order valence-electron chi connectivity index (χ0n) is 8.30. The third kappa shape index (κ3) is 2.89. The SMILES string of the molecule is NNC(=O)c1cncc(C(O)C(O)CCl)c1. The number of nitrogen functional groups attached to an aromatic ring is 1. The number of hydrogen-bond donors (Lipinski definition) is 4. The lowest BCUT2D eigenvalue weighted by molar-refractivity contribution is 0.0324. The largest absolute Gasteiger partial charge is 0.389 e. The summed E-state index contributed by atoms with van der Waals surface area (Å²) in [6, 6.07) is 1.38. The van der Waals surface area contributed by atoms with E-state index in [2.05, 4.69) is 4.98 Å². The van der Waals surface area contributed by atoms with E-state index < -0.39 is 18.1 Å². The number of halogens is 1. The van der Waals surface area contributed by atoms with Crippen LogP contribution >= 0.6 is 11.6 Å². The van der Waals surface area contributed by atoms with E-state index in [-0.39, 0.29) is 11.4 Å². The molecule has 0 radical (unpaired) electrons. The molecule has 0 saturated heterocycles. The molecule has 16 heavy (non-hydrogen) atoms. The summed E-state index contributed by atoms with van der Waals surface area (Å²) in [5, 5.41) is 19.0. The van der Waals surface area contributed by atoms with Crippen LogP contribution in [-0.2, 0) is 0 Å². The maximum Gasteiger partial charge on any atom is 0.266 e. The summed E-state index contributed by atoms with van der Waals surface area (Å²) in [4.78, 5) is 14.9. The Morgan fingerprint density at radius 2 is 2.25 bits per heavy atom. The van der Waals surface area contributed by atoms with Crippen LogP contribution in [0.1, 0.15) is 22.0 Å². The Kier molecular flexibility index (Phi) is 4.63. The van der Waals surface area contributed by atoms with E-state index >= 15 is 0 Å². The fourth-order valence-electron chi connectivity index (χ4n) is 1.13. The molecule has 6 nitrogen and oxygen atoms in total. The summed E-state index contributed by atoms with van der Waals surface area (Å²) in [6.07, 6.45) is 0.342. The van der Waals surface area contributed by atoms with Crippen LogP contribution in [0.4, 0.5) is 0 Å². The Morgan fingerprint density at radius 3 is 2.81 bits per heavy atom. The zero-order valence-corrected chi connectivity index (χ0v) is 9.05. The predicted molar refractivity (Wildman–Crippen MR) is 57.6 cm³/mol. The quantitative estimate of drug-likeness (QED) is 0.243. The lowest BCUT2D eigenvalue weighted by Gasteiger charge is -2.15. The maximum absolute atomic E-state index is 11.2. The third-order valence-electron chi connectivity index (χ3n) is 2.02. The van der Waals surface area contributed by atoms with Crippen molar-refractivity contribution in [1.29, 1.82) is 0 Å². The van der Waals surface area contributed by atoms with Crippen molar-refractivity contribution in [2.45, 2.75) is 12.2 Å². The van der Waals surface area contributed by atoms with E-state index in [0.29, 0.717) is 5.56 Å². The first-order valence-corrected chi connectivity index (χ1v) is 5.01. The standard InChI is InChI=1S/C9H12ClN3O3/c10-2-7(14)8(15)5-1-6(4-12-3-5)9(16)13-11/h1,3-4,7-8,14-15H,2,11H2,(H,13,16). The molecular formula is C9H12ClN3O3. The number of amides is 1. The molecule has 0 aliphatic carbocycles. The first-order valence-electron chi connectivity index (χ1n) is 4.48. The molecule has 7 heteroatoms. The molecule has 88 valence electrons. The fraction of sp³-hybridized carbons (Fsp3) is 0.333. The minimum Gasteiger partial charge on any atom is -0.389 e. The molecule has 1 amide bonds. The van der Waals surface area contributed by atoms with Gasteiger partial charge in [-0.1, -0.05) is 0 Å². The first kappa shape index (κ1) is 12.9. The van der Waals surface area contributed by atoms with Gasteiger partial charge in [0.1, 0.15) is 6.10 Å². The molecule has 1 rings (SSSR count). The Labute approximate surface area is 97.0 Å². The van der Waals surface area contributed by atoms with Crippen LogP contribution in [0.25, 0.3) is 0 Å². The molecule has 0 aliphatic rings. The highest BCUT2D eigenvalue weighted by Crippen LogP contribution is 2.17. The highest BCUT2D eigenvalue weighted by molar-refractivity contribution is 6.18. The summed E-state index contributed by atoms with van der Waals surface area (Å²) < 4.78 is 0. The molecule has 2 atom stereocenters. The van der Waals surface area contributed by atoms with Crippen LogP contribution in [0.2, 0.25) is 0 Å². The lowest BCUT2D eigenvalue weighted by atomic mass is 10.1. The molecule has 0 bridgehead atoms. The summed E-state index contributed by atoms with van der Waals surface area (Å²) in [5.41, 5.74) is 2.44. The Morgan fingerprint density at radius 1 is 1.56 bits per heavy atom. The fourth-order valence-corrected chi connectivity index (χ4v) is 1.30. The lowest BCUT2D eigenvalue weighted by Crippen LogP contribution is -2.30. The van der Waals surface area contributed by atoms with Crippen LogP contribution < -0.4 is 11.3 Å². The second-order valence-corrected chi connectivity index (χ2v) is 3.46. The van der Waals surface area contributed by atoms with Crippen molar-refractivity contribution in [2.24, 2.45) is 5.84 Å². The van der Waals surface area contributed by atoms with Crippen LogP contribution in [0.3, 0.4) is 0 Å². The molecule has 5 N–H and O–H groups in total. The van der Waals surface area contributed by atoms with Crippen molar-refractivity contribution in [3.63, 3.8) is 0 Å². The Bertz CT molecular complexity index is 375. The predicted octanol–water partition coefficient (Wildman–Crippen LogP) is -0.682. The first-order chi connectivity index (χ1) is 7.60. The summed E-state index contributed by atoms with van der Waals surface area (Å²) in [6.45, 7) is 0.